The number of rotatable bonds is 9. The van der Waals surface area contributed by atoms with E-state index in [4.69, 9.17) is 4.74 Å². The van der Waals surface area contributed by atoms with E-state index in [9.17, 15) is 4.79 Å². The quantitative estimate of drug-likeness (QED) is 0.736. The van der Waals surface area contributed by atoms with Gasteiger partial charge in [0.25, 0.3) is 0 Å². The molecule has 0 spiro atoms. The molecule has 0 aromatic heterocycles. The van der Waals surface area contributed by atoms with Crippen LogP contribution < -0.4 is 15.4 Å². The summed E-state index contributed by atoms with van der Waals surface area (Å²) in [6.45, 7) is 10.4. The topological polar surface area (TPSA) is 50.4 Å². The van der Waals surface area contributed by atoms with Crippen LogP contribution in [0.2, 0.25) is 0 Å². The number of benzene rings is 1. The van der Waals surface area contributed by atoms with Crippen LogP contribution in [0.1, 0.15) is 45.7 Å². The standard InChI is InChI=1S/C17H28N2O2/c1-5-18-17(20)10-11-19-14(4)15-6-8-16(9-7-15)21-12-13(2)3/h6-9,13-14,19H,5,10-12H2,1-4H3,(H,18,20). The molecule has 21 heavy (non-hydrogen) atoms. The minimum Gasteiger partial charge on any atom is -0.493 e. The lowest BCUT2D eigenvalue weighted by Crippen LogP contribution is -2.28. The Balaban J connectivity index is 2.37. The molecule has 1 aromatic carbocycles. The molecule has 0 saturated heterocycles. The number of carbonyl (C=O) groups excluding carboxylic acids is 1. The third-order valence-electron chi connectivity index (χ3n) is 3.14. The Morgan fingerprint density at radius 3 is 2.43 bits per heavy atom. The number of ether oxygens (including phenoxy) is 1. The van der Waals surface area contributed by atoms with E-state index in [1.54, 1.807) is 0 Å². The Hall–Kier alpha value is -1.55. The van der Waals surface area contributed by atoms with E-state index in [2.05, 4.69) is 43.5 Å². The zero-order valence-corrected chi connectivity index (χ0v) is 13.6. The third kappa shape index (κ3) is 7.14. The molecule has 0 aliphatic carbocycles. The molecule has 0 aliphatic rings. The molecule has 0 bridgehead atoms. The van der Waals surface area contributed by atoms with Crippen LogP contribution in [0.25, 0.3) is 0 Å². The van der Waals surface area contributed by atoms with Crippen LogP contribution in [0.15, 0.2) is 24.3 Å². The van der Waals surface area contributed by atoms with Crippen molar-refractivity contribution in [3.05, 3.63) is 29.8 Å². The van der Waals surface area contributed by atoms with Crippen molar-refractivity contribution in [2.75, 3.05) is 19.7 Å². The monoisotopic (exact) mass is 292 g/mol. The predicted molar refractivity (Wildman–Crippen MR) is 86.5 cm³/mol. The Kier molecular flexibility index (Phi) is 7.83. The first-order valence-corrected chi connectivity index (χ1v) is 7.75. The Bertz CT molecular complexity index is 415. The number of nitrogens with one attached hydrogen (secondary N) is 2. The second kappa shape index (κ2) is 9.40. The van der Waals surface area contributed by atoms with Gasteiger partial charge in [0.05, 0.1) is 6.61 Å². The lowest BCUT2D eigenvalue weighted by Gasteiger charge is -2.15. The first-order chi connectivity index (χ1) is 10.0. The molecule has 0 heterocycles. The number of hydrogen-bond donors (Lipinski definition) is 2. The van der Waals surface area contributed by atoms with Crippen molar-refractivity contribution in [3.63, 3.8) is 0 Å². The van der Waals surface area contributed by atoms with Crippen LogP contribution in [-0.4, -0.2) is 25.6 Å². The van der Waals surface area contributed by atoms with E-state index in [1.807, 2.05) is 19.1 Å². The van der Waals surface area contributed by atoms with Crippen molar-refractivity contribution in [2.24, 2.45) is 5.92 Å². The van der Waals surface area contributed by atoms with Crippen molar-refractivity contribution < 1.29 is 9.53 Å². The summed E-state index contributed by atoms with van der Waals surface area (Å²) in [5.74, 6) is 1.52. The third-order valence-corrected chi connectivity index (χ3v) is 3.14. The smallest absolute Gasteiger partial charge is 0.221 e. The summed E-state index contributed by atoms with van der Waals surface area (Å²) in [5, 5.41) is 6.15. The molecule has 0 fully saturated rings. The fourth-order valence-electron chi connectivity index (χ4n) is 1.92. The maximum absolute atomic E-state index is 11.4. The van der Waals surface area contributed by atoms with Gasteiger partial charge in [0.2, 0.25) is 5.91 Å². The molecule has 2 N–H and O–H groups in total. The minimum atomic E-state index is 0.0923. The van der Waals surface area contributed by atoms with Gasteiger partial charge in [-0.25, -0.2) is 0 Å². The van der Waals surface area contributed by atoms with Crippen molar-refractivity contribution in [3.8, 4) is 5.75 Å². The molecule has 118 valence electrons. The van der Waals surface area contributed by atoms with Gasteiger partial charge in [-0.2, -0.15) is 0 Å². The van der Waals surface area contributed by atoms with Crippen LogP contribution in [-0.2, 0) is 4.79 Å². The first kappa shape index (κ1) is 17.5. The van der Waals surface area contributed by atoms with Gasteiger partial charge in [-0.05, 0) is 37.5 Å². The number of hydrogen-bond acceptors (Lipinski definition) is 3. The van der Waals surface area contributed by atoms with Crippen molar-refractivity contribution >= 4 is 5.91 Å². The van der Waals surface area contributed by atoms with Gasteiger partial charge in [-0.15, -0.1) is 0 Å². The fourth-order valence-corrected chi connectivity index (χ4v) is 1.92. The summed E-state index contributed by atoms with van der Waals surface area (Å²) < 4.78 is 5.67. The van der Waals surface area contributed by atoms with Crippen LogP contribution in [0.3, 0.4) is 0 Å². The van der Waals surface area contributed by atoms with Crippen molar-refractivity contribution in [1.82, 2.24) is 10.6 Å². The Morgan fingerprint density at radius 2 is 1.86 bits per heavy atom. The van der Waals surface area contributed by atoms with E-state index in [-0.39, 0.29) is 11.9 Å². The van der Waals surface area contributed by atoms with Crippen LogP contribution in [0.4, 0.5) is 0 Å². The maximum atomic E-state index is 11.4. The molecule has 1 atom stereocenters. The molecular formula is C17H28N2O2. The lowest BCUT2D eigenvalue weighted by molar-refractivity contribution is -0.120. The van der Waals surface area contributed by atoms with Gasteiger partial charge >= 0.3 is 0 Å². The van der Waals surface area contributed by atoms with Gasteiger partial charge in [-0.1, -0.05) is 26.0 Å². The van der Waals surface area contributed by atoms with Crippen molar-refractivity contribution in [2.45, 2.75) is 40.2 Å². The van der Waals surface area contributed by atoms with E-state index in [0.717, 1.165) is 12.4 Å². The van der Waals surface area contributed by atoms with Crippen LogP contribution in [0, 0.1) is 5.92 Å². The summed E-state index contributed by atoms with van der Waals surface area (Å²) in [7, 11) is 0. The largest absolute Gasteiger partial charge is 0.493 e. The molecule has 1 amide bonds. The van der Waals surface area contributed by atoms with Gasteiger partial charge in [-0.3, -0.25) is 4.79 Å². The first-order valence-electron chi connectivity index (χ1n) is 7.75. The fraction of sp³-hybridized carbons (Fsp3) is 0.588. The average molecular weight is 292 g/mol. The Morgan fingerprint density at radius 1 is 1.19 bits per heavy atom. The van der Waals surface area contributed by atoms with E-state index in [0.29, 0.717) is 25.4 Å². The zero-order chi connectivity index (χ0) is 15.7. The molecule has 4 nitrogen and oxygen atoms in total. The molecule has 1 unspecified atom stereocenters. The normalized spacial score (nSPS) is 12.2. The second-order valence-corrected chi connectivity index (χ2v) is 5.65. The maximum Gasteiger partial charge on any atom is 0.221 e. The second-order valence-electron chi connectivity index (χ2n) is 5.65. The minimum absolute atomic E-state index is 0.0923. The summed E-state index contributed by atoms with van der Waals surface area (Å²) in [5.41, 5.74) is 1.20. The van der Waals surface area contributed by atoms with E-state index in [1.165, 1.54) is 5.56 Å². The van der Waals surface area contributed by atoms with Crippen LogP contribution >= 0.6 is 0 Å². The lowest BCUT2D eigenvalue weighted by atomic mass is 10.1. The highest BCUT2D eigenvalue weighted by Gasteiger charge is 2.06. The summed E-state index contributed by atoms with van der Waals surface area (Å²) >= 11 is 0. The van der Waals surface area contributed by atoms with E-state index >= 15 is 0 Å². The highest BCUT2D eigenvalue weighted by molar-refractivity contribution is 5.75. The van der Waals surface area contributed by atoms with Crippen molar-refractivity contribution in [1.29, 1.82) is 0 Å². The molecule has 4 heteroatoms. The molecule has 1 rings (SSSR count). The van der Waals surface area contributed by atoms with Gasteiger partial charge in [0, 0.05) is 25.6 Å². The average Bonchev–Trinajstić information content (AvgIpc) is 2.45. The molecule has 0 radical (unpaired) electrons. The molecule has 0 aliphatic heterocycles. The SMILES string of the molecule is CCNC(=O)CCNC(C)c1ccc(OCC(C)C)cc1. The van der Waals surface area contributed by atoms with Gasteiger partial charge < -0.3 is 15.4 Å². The summed E-state index contributed by atoms with van der Waals surface area (Å²) in [6, 6.07) is 8.36. The number of carbonyl (C=O) groups is 1. The predicted octanol–water partition coefficient (Wildman–Crippen LogP) is 2.90. The summed E-state index contributed by atoms with van der Waals surface area (Å²) in [6.07, 6.45) is 0.508. The van der Waals surface area contributed by atoms with Gasteiger partial charge in [0.1, 0.15) is 5.75 Å². The molecule has 0 saturated carbocycles. The van der Waals surface area contributed by atoms with Gasteiger partial charge in [0.15, 0.2) is 0 Å². The zero-order valence-electron chi connectivity index (χ0n) is 13.6. The van der Waals surface area contributed by atoms with Crippen LogP contribution in [0.5, 0.6) is 5.75 Å². The summed E-state index contributed by atoms with van der Waals surface area (Å²) in [4.78, 5) is 11.4. The molecule has 1 aromatic rings. The van der Waals surface area contributed by atoms with E-state index < -0.39 is 0 Å². The Labute approximate surface area is 128 Å². The highest BCUT2D eigenvalue weighted by Crippen LogP contribution is 2.18. The molecular weight excluding hydrogens is 264 g/mol. The number of amides is 1. The highest BCUT2D eigenvalue weighted by atomic mass is 16.5.